The Balaban J connectivity index is 3.79. The molecule has 2 unspecified atom stereocenters. The van der Waals surface area contributed by atoms with Gasteiger partial charge in [0.1, 0.15) is 0 Å². The van der Waals surface area contributed by atoms with E-state index >= 15 is 0 Å². The molecule has 0 aromatic carbocycles. The number of hydrogen-bond donors (Lipinski definition) is 4. The lowest BCUT2D eigenvalue weighted by Gasteiger charge is -2.32. The van der Waals surface area contributed by atoms with Crippen LogP contribution in [0.25, 0.3) is 0 Å². The lowest BCUT2D eigenvalue weighted by molar-refractivity contribution is 0.279. The summed E-state index contributed by atoms with van der Waals surface area (Å²) in [5, 5.41) is 7.32. The average molecular weight is 441 g/mol. The van der Waals surface area contributed by atoms with Crippen molar-refractivity contribution in [3.63, 3.8) is 0 Å². The maximum atomic E-state index is 6.66. The van der Waals surface area contributed by atoms with Crippen molar-refractivity contribution in [1.29, 1.82) is 0 Å². The molecule has 0 heterocycles. The topological polar surface area (TPSA) is 76.1 Å². The van der Waals surface area contributed by atoms with Gasteiger partial charge in [0.15, 0.2) is 0 Å². The van der Waals surface area contributed by atoms with E-state index in [1.165, 1.54) is 44.9 Å². The second-order valence-electron chi connectivity index (χ2n) is 10.8. The first-order valence-corrected chi connectivity index (χ1v) is 13.7. The van der Waals surface area contributed by atoms with Crippen molar-refractivity contribution >= 4 is 0 Å². The van der Waals surface area contributed by atoms with Gasteiger partial charge in [0, 0.05) is 11.1 Å². The highest BCUT2D eigenvalue weighted by Gasteiger charge is 2.26. The SMILES string of the molecule is CCCC(N)(CCC)CC(C)CNCCCCCNCC(C)CC(N)(CCC)CCC. The highest BCUT2D eigenvalue weighted by Crippen LogP contribution is 2.25. The van der Waals surface area contributed by atoms with E-state index in [2.05, 4.69) is 52.2 Å². The minimum atomic E-state index is 0.0457. The van der Waals surface area contributed by atoms with Gasteiger partial charge in [0.2, 0.25) is 0 Å². The van der Waals surface area contributed by atoms with Crippen molar-refractivity contribution in [1.82, 2.24) is 10.6 Å². The molecule has 0 saturated carbocycles. The van der Waals surface area contributed by atoms with Crippen LogP contribution < -0.4 is 22.1 Å². The van der Waals surface area contributed by atoms with Crippen molar-refractivity contribution < 1.29 is 0 Å². The Morgan fingerprint density at radius 3 is 1.19 bits per heavy atom. The highest BCUT2D eigenvalue weighted by molar-refractivity contribution is 4.86. The molecule has 0 amide bonds. The highest BCUT2D eigenvalue weighted by atomic mass is 14.9. The lowest BCUT2D eigenvalue weighted by Crippen LogP contribution is -2.42. The Labute approximate surface area is 196 Å². The van der Waals surface area contributed by atoms with E-state index in [1.54, 1.807) is 0 Å². The maximum Gasteiger partial charge on any atom is 0.0157 e. The molecule has 31 heavy (non-hydrogen) atoms. The Kier molecular flexibility index (Phi) is 18.2. The van der Waals surface area contributed by atoms with Crippen LogP contribution in [0.15, 0.2) is 0 Å². The third-order valence-corrected chi connectivity index (χ3v) is 6.69. The number of nitrogens with two attached hydrogens (primary N) is 2. The quantitative estimate of drug-likeness (QED) is 0.156. The van der Waals surface area contributed by atoms with Gasteiger partial charge in [-0.1, -0.05) is 73.6 Å². The number of hydrogen-bond acceptors (Lipinski definition) is 4. The third-order valence-electron chi connectivity index (χ3n) is 6.69. The van der Waals surface area contributed by atoms with Crippen LogP contribution in [0.1, 0.15) is 125 Å². The zero-order chi connectivity index (χ0) is 23.6. The molecular formula is C27H60N4. The van der Waals surface area contributed by atoms with Crippen molar-refractivity contribution in [2.24, 2.45) is 23.3 Å². The van der Waals surface area contributed by atoms with Crippen LogP contribution in [0.3, 0.4) is 0 Å². The van der Waals surface area contributed by atoms with E-state index in [4.69, 9.17) is 11.5 Å². The molecule has 0 aliphatic rings. The molecule has 0 spiro atoms. The first kappa shape index (κ1) is 30.8. The zero-order valence-electron chi connectivity index (χ0n) is 22.3. The molecule has 0 fully saturated rings. The minimum absolute atomic E-state index is 0.0457. The van der Waals surface area contributed by atoms with Crippen molar-refractivity contribution in [2.75, 3.05) is 26.2 Å². The summed E-state index contributed by atoms with van der Waals surface area (Å²) >= 11 is 0. The molecule has 0 rings (SSSR count). The Morgan fingerprint density at radius 1 is 0.581 bits per heavy atom. The minimum Gasteiger partial charge on any atom is -0.325 e. The summed E-state index contributed by atoms with van der Waals surface area (Å²) < 4.78 is 0. The van der Waals surface area contributed by atoms with Gasteiger partial charge < -0.3 is 22.1 Å². The van der Waals surface area contributed by atoms with Crippen molar-refractivity contribution in [3.8, 4) is 0 Å². The lowest BCUT2D eigenvalue weighted by atomic mass is 9.82. The Bertz CT molecular complexity index is 351. The molecule has 0 bridgehead atoms. The van der Waals surface area contributed by atoms with Gasteiger partial charge in [-0.05, 0) is 89.4 Å². The van der Waals surface area contributed by atoms with Crippen LogP contribution in [0.5, 0.6) is 0 Å². The van der Waals surface area contributed by atoms with Gasteiger partial charge in [-0.2, -0.15) is 0 Å². The fraction of sp³-hybridized carbons (Fsp3) is 1.00. The van der Waals surface area contributed by atoms with E-state index in [9.17, 15) is 0 Å². The molecule has 0 saturated heterocycles. The summed E-state index contributed by atoms with van der Waals surface area (Å²) in [5.74, 6) is 1.31. The molecular weight excluding hydrogens is 380 g/mol. The number of unbranched alkanes of at least 4 members (excludes halogenated alkanes) is 2. The summed E-state index contributed by atoms with van der Waals surface area (Å²) in [6, 6.07) is 0. The Hall–Kier alpha value is -0.160. The van der Waals surface area contributed by atoms with Crippen LogP contribution in [0.4, 0.5) is 0 Å². The van der Waals surface area contributed by atoms with Gasteiger partial charge in [-0.25, -0.2) is 0 Å². The monoisotopic (exact) mass is 440 g/mol. The van der Waals surface area contributed by atoms with Gasteiger partial charge in [-0.15, -0.1) is 0 Å². The largest absolute Gasteiger partial charge is 0.325 e. The van der Waals surface area contributed by atoms with Crippen LogP contribution in [-0.4, -0.2) is 37.3 Å². The van der Waals surface area contributed by atoms with E-state index in [1.807, 2.05) is 0 Å². The molecule has 0 aliphatic carbocycles. The molecule has 4 heteroatoms. The summed E-state index contributed by atoms with van der Waals surface area (Å²) in [5.41, 5.74) is 13.4. The average Bonchev–Trinajstić information content (AvgIpc) is 2.67. The third kappa shape index (κ3) is 16.2. The normalized spacial score (nSPS) is 14.7. The van der Waals surface area contributed by atoms with Crippen LogP contribution >= 0.6 is 0 Å². The second-order valence-corrected chi connectivity index (χ2v) is 10.8. The van der Waals surface area contributed by atoms with Crippen LogP contribution in [0.2, 0.25) is 0 Å². The first-order valence-electron chi connectivity index (χ1n) is 13.7. The van der Waals surface area contributed by atoms with Gasteiger partial charge in [0.25, 0.3) is 0 Å². The predicted molar refractivity (Wildman–Crippen MR) is 141 cm³/mol. The number of rotatable bonds is 22. The summed E-state index contributed by atoms with van der Waals surface area (Å²) in [6.07, 6.45) is 15.5. The summed E-state index contributed by atoms with van der Waals surface area (Å²) in [7, 11) is 0. The fourth-order valence-corrected chi connectivity index (χ4v) is 5.56. The van der Waals surface area contributed by atoms with Gasteiger partial charge >= 0.3 is 0 Å². The van der Waals surface area contributed by atoms with Gasteiger partial charge in [0.05, 0.1) is 0 Å². The molecule has 0 radical (unpaired) electrons. The molecule has 0 aromatic rings. The van der Waals surface area contributed by atoms with Crippen LogP contribution in [-0.2, 0) is 0 Å². The maximum absolute atomic E-state index is 6.66. The van der Waals surface area contributed by atoms with E-state index in [0.29, 0.717) is 11.8 Å². The molecule has 0 aliphatic heterocycles. The number of nitrogens with one attached hydrogen (secondary N) is 2. The molecule has 188 valence electrons. The smallest absolute Gasteiger partial charge is 0.0157 e. The van der Waals surface area contributed by atoms with E-state index in [-0.39, 0.29) is 11.1 Å². The van der Waals surface area contributed by atoms with E-state index < -0.39 is 0 Å². The van der Waals surface area contributed by atoms with Crippen molar-refractivity contribution in [3.05, 3.63) is 0 Å². The first-order chi connectivity index (χ1) is 14.7. The summed E-state index contributed by atoms with van der Waals surface area (Å²) in [4.78, 5) is 0. The van der Waals surface area contributed by atoms with Crippen molar-refractivity contribution in [2.45, 2.75) is 136 Å². The summed E-state index contributed by atoms with van der Waals surface area (Å²) in [6.45, 7) is 18.1. The van der Waals surface area contributed by atoms with Gasteiger partial charge in [-0.3, -0.25) is 0 Å². The molecule has 4 nitrogen and oxygen atoms in total. The molecule has 6 N–H and O–H groups in total. The Morgan fingerprint density at radius 2 is 0.903 bits per heavy atom. The fourth-order valence-electron chi connectivity index (χ4n) is 5.56. The standard InChI is InChI=1S/C27H60N4/c1-7-14-26(28,15-8-2)20-24(5)22-30-18-12-11-13-19-31-23-25(6)21-27(29,16-9-3)17-10-4/h24-25,30-31H,7-23,28-29H2,1-6H3. The van der Waals surface area contributed by atoms with Crippen LogP contribution in [0, 0.1) is 11.8 Å². The predicted octanol–water partition coefficient (Wildman–Crippen LogP) is 5.98. The second kappa shape index (κ2) is 18.3. The van der Waals surface area contributed by atoms with E-state index in [0.717, 1.165) is 64.7 Å². The molecule has 2 atom stereocenters. The molecule has 0 aromatic heterocycles. The zero-order valence-corrected chi connectivity index (χ0v) is 22.3.